The number of hydrogen-bond acceptors (Lipinski definition) is 3. The molecule has 0 bridgehead atoms. The standard InChI is InChI=1S/C21H25NO3/c1-5-15(3)18-8-6-7-9-19(18)22-20(23)16(4)25-21(24)17-12-10-14(2)11-13-17/h6-13,15-16H,5H2,1-4H3,(H,22,23). The number of anilines is 1. The van der Waals surface area contributed by atoms with E-state index >= 15 is 0 Å². The van der Waals surface area contributed by atoms with E-state index in [0.717, 1.165) is 23.2 Å². The Balaban J connectivity index is 2.03. The van der Waals surface area contributed by atoms with Gasteiger partial charge in [-0.25, -0.2) is 4.79 Å². The zero-order valence-corrected chi connectivity index (χ0v) is 15.2. The molecular formula is C21H25NO3. The highest BCUT2D eigenvalue weighted by molar-refractivity contribution is 5.97. The van der Waals surface area contributed by atoms with E-state index in [9.17, 15) is 9.59 Å². The van der Waals surface area contributed by atoms with Crippen LogP contribution >= 0.6 is 0 Å². The molecule has 0 aliphatic rings. The summed E-state index contributed by atoms with van der Waals surface area (Å²) in [5.41, 5.74) is 3.34. The Morgan fingerprint density at radius 3 is 2.32 bits per heavy atom. The molecule has 4 nitrogen and oxygen atoms in total. The summed E-state index contributed by atoms with van der Waals surface area (Å²) in [5, 5.41) is 2.88. The molecule has 0 radical (unpaired) electrons. The Morgan fingerprint density at radius 2 is 1.68 bits per heavy atom. The summed E-state index contributed by atoms with van der Waals surface area (Å²) in [6.07, 6.45) is 0.101. The number of amides is 1. The van der Waals surface area contributed by atoms with E-state index in [1.165, 1.54) is 0 Å². The second kappa shape index (κ2) is 8.47. The van der Waals surface area contributed by atoms with Crippen LogP contribution < -0.4 is 5.32 Å². The third kappa shape index (κ3) is 4.92. The zero-order chi connectivity index (χ0) is 18.4. The summed E-state index contributed by atoms with van der Waals surface area (Å²) in [6, 6.07) is 14.8. The lowest BCUT2D eigenvalue weighted by molar-refractivity contribution is -0.123. The van der Waals surface area contributed by atoms with Crippen LogP contribution in [0.4, 0.5) is 5.69 Å². The molecule has 0 aliphatic heterocycles. The third-order valence-electron chi connectivity index (χ3n) is 4.30. The zero-order valence-electron chi connectivity index (χ0n) is 15.2. The lowest BCUT2D eigenvalue weighted by Crippen LogP contribution is -2.30. The predicted molar refractivity (Wildman–Crippen MR) is 99.8 cm³/mol. The summed E-state index contributed by atoms with van der Waals surface area (Å²) < 4.78 is 5.29. The monoisotopic (exact) mass is 339 g/mol. The minimum absolute atomic E-state index is 0.335. The molecule has 4 heteroatoms. The van der Waals surface area contributed by atoms with E-state index in [2.05, 4.69) is 19.2 Å². The van der Waals surface area contributed by atoms with Crippen molar-refractivity contribution in [3.8, 4) is 0 Å². The van der Waals surface area contributed by atoms with Gasteiger partial charge in [-0.3, -0.25) is 4.79 Å². The molecule has 2 aromatic carbocycles. The number of benzene rings is 2. The first kappa shape index (κ1) is 18.7. The maximum atomic E-state index is 12.4. The molecule has 0 saturated heterocycles. The number of carbonyl (C=O) groups excluding carboxylic acids is 2. The van der Waals surface area contributed by atoms with Crippen molar-refractivity contribution in [2.75, 3.05) is 5.32 Å². The summed E-state index contributed by atoms with van der Waals surface area (Å²) in [7, 11) is 0. The van der Waals surface area contributed by atoms with Gasteiger partial charge >= 0.3 is 5.97 Å². The van der Waals surface area contributed by atoms with Gasteiger partial charge in [-0.1, -0.05) is 49.7 Å². The first-order chi connectivity index (χ1) is 11.9. The van der Waals surface area contributed by atoms with Gasteiger partial charge in [-0.05, 0) is 49.9 Å². The quantitative estimate of drug-likeness (QED) is 0.777. The fraction of sp³-hybridized carbons (Fsp3) is 0.333. The van der Waals surface area contributed by atoms with Crippen molar-refractivity contribution in [1.29, 1.82) is 0 Å². The number of para-hydroxylation sites is 1. The SMILES string of the molecule is CCC(C)c1ccccc1NC(=O)C(C)OC(=O)c1ccc(C)cc1. The van der Waals surface area contributed by atoms with Gasteiger partial charge in [0.05, 0.1) is 5.56 Å². The van der Waals surface area contributed by atoms with Crippen molar-refractivity contribution >= 4 is 17.6 Å². The second-order valence-electron chi connectivity index (χ2n) is 6.30. The normalized spacial score (nSPS) is 13.0. The Bertz CT molecular complexity index is 737. The van der Waals surface area contributed by atoms with Crippen LogP contribution in [0.25, 0.3) is 0 Å². The number of carbonyl (C=O) groups is 2. The maximum Gasteiger partial charge on any atom is 0.338 e. The van der Waals surface area contributed by atoms with Gasteiger partial charge in [-0.2, -0.15) is 0 Å². The van der Waals surface area contributed by atoms with Crippen molar-refractivity contribution in [3.63, 3.8) is 0 Å². The molecule has 0 fully saturated rings. The highest BCUT2D eigenvalue weighted by atomic mass is 16.5. The molecule has 0 saturated carbocycles. The summed E-state index contributed by atoms with van der Waals surface area (Å²) in [6.45, 7) is 7.74. The Labute approximate surface area is 149 Å². The molecular weight excluding hydrogens is 314 g/mol. The van der Waals surface area contributed by atoms with Crippen LogP contribution in [0.1, 0.15) is 54.6 Å². The molecule has 132 valence electrons. The molecule has 2 aromatic rings. The summed E-state index contributed by atoms with van der Waals surface area (Å²) >= 11 is 0. The molecule has 1 amide bonds. The molecule has 2 rings (SSSR count). The van der Waals surface area contributed by atoms with E-state index in [1.807, 2.05) is 43.3 Å². The number of nitrogens with one attached hydrogen (secondary N) is 1. The highest BCUT2D eigenvalue weighted by Gasteiger charge is 2.20. The Morgan fingerprint density at radius 1 is 1.04 bits per heavy atom. The van der Waals surface area contributed by atoms with E-state index < -0.39 is 12.1 Å². The van der Waals surface area contributed by atoms with Crippen molar-refractivity contribution in [3.05, 3.63) is 65.2 Å². The van der Waals surface area contributed by atoms with E-state index in [4.69, 9.17) is 4.74 Å². The number of esters is 1. The van der Waals surface area contributed by atoms with E-state index in [0.29, 0.717) is 11.5 Å². The first-order valence-electron chi connectivity index (χ1n) is 8.59. The summed E-state index contributed by atoms with van der Waals surface area (Å²) in [5.74, 6) is -0.504. The summed E-state index contributed by atoms with van der Waals surface area (Å²) in [4.78, 5) is 24.6. The minimum atomic E-state index is -0.876. The van der Waals surface area contributed by atoms with Crippen LogP contribution in [0, 0.1) is 6.92 Å². The number of aryl methyl sites for hydroxylation is 1. The number of rotatable bonds is 6. The first-order valence-corrected chi connectivity index (χ1v) is 8.59. The molecule has 2 atom stereocenters. The lowest BCUT2D eigenvalue weighted by atomic mass is 9.97. The highest BCUT2D eigenvalue weighted by Crippen LogP contribution is 2.26. The molecule has 2 unspecified atom stereocenters. The molecule has 0 aromatic heterocycles. The average molecular weight is 339 g/mol. The molecule has 0 aliphatic carbocycles. The Kier molecular flexibility index (Phi) is 6.34. The fourth-order valence-electron chi connectivity index (χ4n) is 2.47. The van der Waals surface area contributed by atoms with Crippen molar-refractivity contribution in [2.45, 2.75) is 46.1 Å². The predicted octanol–water partition coefficient (Wildman–Crippen LogP) is 4.69. The maximum absolute atomic E-state index is 12.4. The van der Waals surface area contributed by atoms with Gasteiger partial charge in [0.1, 0.15) is 0 Å². The van der Waals surface area contributed by atoms with E-state index in [-0.39, 0.29) is 5.91 Å². The van der Waals surface area contributed by atoms with Crippen molar-refractivity contribution in [1.82, 2.24) is 0 Å². The average Bonchev–Trinajstić information content (AvgIpc) is 2.61. The van der Waals surface area contributed by atoms with Crippen LogP contribution in [-0.4, -0.2) is 18.0 Å². The molecule has 1 N–H and O–H groups in total. The van der Waals surface area contributed by atoms with Crippen molar-refractivity contribution < 1.29 is 14.3 Å². The van der Waals surface area contributed by atoms with Crippen LogP contribution in [-0.2, 0) is 9.53 Å². The van der Waals surface area contributed by atoms with Crippen LogP contribution in [0.2, 0.25) is 0 Å². The van der Waals surface area contributed by atoms with Gasteiger partial charge < -0.3 is 10.1 Å². The van der Waals surface area contributed by atoms with Crippen molar-refractivity contribution in [2.24, 2.45) is 0 Å². The van der Waals surface area contributed by atoms with Crippen LogP contribution in [0.15, 0.2) is 48.5 Å². The second-order valence-corrected chi connectivity index (χ2v) is 6.30. The van der Waals surface area contributed by atoms with Gasteiger partial charge in [0.15, 0.2) is 6.10 Å². The van der Waals surface area contributed by atoms with E-state index in [1.54, 1.807) is 19.1 Å². The molecule has 25 heavy (non-hydrogen) atoms. The number of ether oxygens (including phenoxy) is 1. The van der Waals surface area contributed by atoms with Gasteiger partial charge in [0.25, 0.3) is 5.91 Å². The largest absolute Gasteiger partial charge is 0.449 e. The van der Waals surface area contributed by atoms with Gasteiger partial charge in [0.2, 0.25) is 0 Å². The van der Waals surface area contributed by atoms with Crippen LogP contribution in [0.3, 0.4) is 0 Å². The number of hydrogen-bond donors (Lipinski definition) is 1. The Hall–Kier alpha value is -2.62. The molecule has 0 heterocycles. The van der Waals surface area contributed by atoms with Gasteiger partial charge in [-0.15, -0.1) is 0 Å². The third-order valence-corrected chi connectivity index (χ3v) is 4.30. The lowest BCUT2D eigenvalue weighted by Gasteiger charge is -2.18. The van der Waals surface area contributed by atoms with Gasteiger partial charge in [0, 0.05) is 5.69 Å². The smallest absolute Gasteiger partial charge is 0.338 e. The minimum Gasteiger partial charge on any atom is -0.449 e. The van der Waals surface area contributed by atoms with Crippen LogP contribution in [0.5, 0.6) is 0 Å². The fourth-order valence-corrected chi connectivity index (χ4v) is 2.47. The topological polar surface area (TPSA) is 55.4 Å². The molecule has 0 spiro atoms.